The molecule has 1 N–H and O–H groups in total. The summed E-state index contributed by atoms with van der Waals surface area (Å²) in [4.78, 5) is 0. The Kier molecular flexibility index (Phi) is 4.95. The van der Waals surface area contributed by atoms with Crippen molar-refractivity contribution >= 4 is 15.9 Å². The van der Waals surface area contributed by atoms with Gasteiger partial charge in [0.1, 0.15) is 5.82 Å². The maximum absolute atomic E-state index is 13.1. The van der Waals surface area contributed by atoms with Crippen molar-refractivity contribution in [3.05, 3.63) is 45.7 Å². The smallest absolute Gasteiger partial charge is 0.137 e. The summed E-state index contributed by atoms with van der Waals surface area (Å²) in [5.74, 6) is -0.200. The molecule has 0 bridgehead atoms. The second kappa shape index (κ2) is 6.48. The van der Waals surface area contributed by atoms with Crippen molar-refractivity contribution in [2.45, 2.75) is 38.6 Å². The van der Waals surface area contributed by atoms with Crippen LogP contribution >= 0.6 is 15.9 Å². The van der Waals surface area contributed by atoms with E-state index < -0.39 is 0 Å². The Morgan fingerprint density at radius 3 is 2.94 bits per heavy atom. The van der Waals surface area contributed by atoms with Crippen LogP contribution in [-0.4, -0.2) is 12.6 Å². The minimum Gasteiger partial charge on any atom is -0.314 e. The summed E-state index contributed by atoms with van der Waals surface area (Å²) >= 11 is 3.22. The largest absolute Gasteiger partial charge is 0.314 e. The summed E-state index contributed by atoms with van der Waals surface area (Å²) in [5.41, 5.74) is 2.48. The van der Waals surface area contributed by atoms with E-state index in [0.29, 0.717) is 4.47 Å². The summed E-state index contributed by atoms with van der Waals surface area (Å²) in [6.45, 7) is 3.20. The molecule has 1 aromatic carbocycles. The molecule has 1 saturated carbocycles. The van der Waals surface area contributed by atoms with Gasteiger partial charge in [-0.3, -0.25) is 0 Å². The van der Waals surface area contributed by atoms with Gasteiger partial charge in [0.15, 0.2) is 0 Å². The van der Waals surface area contributed by atoms with Crippen molar-refractivity contribution in [2.75, 3.05) is 6.54 Å². The third-order valence-corrected chi connectivity index (χ3v) is 3.72. The van der Waals surface area contributed by atoms with E-state index in [-0.39, 0.29) is 5.82 Å². The molecule has 2 rings (SSSR count). The lowest BCUT2D eigenvalue weighted by atomic mass is 10.1. The number of nitrogens with one attached hydrogen (secondary N) is 1. The first-order chi connectivity index (χ1) is 8.65. The number of halogens is 2. The van der Waals surface area contributed by atoms with Gasteiger partial charge in [-0.05, 0) is 72.8 Å². The maximum Gasteiger partial charge on any atom is 0.137 e. The molecule has 0 amide bonds. The predicted octanol–water partition coefficient (Wildman–Crippen LogP) is 4.22. The SMILES string of the molecule is CC(=CCCNC1CC1)Cc1ccc(F)c(Br)c1. The predicted molar refractivity (Wildman–Crippen MR) is 77.2 cm³/mol. The van der Waals surface area contributed by atoms with Gasteiger partial charge in [0.2, 0.25) is 0 Å². The maximum atomic E-state index is 13.1. The van der Waals surface area contributed by atoms with Crippen LogP contribution in [0.4, 0.5) is 4.39 Å². The molecular formula is C15H19BrFN. The highest BCUT2D eigenvalue weighted by Crippen LogP contribution is 2.19. The van der Waals surface area contributed by atoms with E-state index >= 15 is 0 Å². The lowest BCUT2D eigenvalue weighted by molar-refractivity contribution is 0.620. The first-order valence-corrected chi connectivity index (χ1v) is 7.27. The molecule has 0 spiro atoms. The van der Waals surface area contributed by atoms with Crippen LogP contribution in [0.15, 0.2) is 34.3 Å². The summed E-state index contributed by atoms with van der Waals surface area (Å²) in [7, 11) is 0. The molecule has 3 heteroatoms. The second-order valence-corrected chi connectivity index (χ2v) is 5.85. The minimum atomic E-state index is -0.200. The number of hydrogen-bond donors (Lipinski definition) is 1. The number of allylic oxidation sites excluding steroid dienone is 1. The van der Waals surface area contributed by atoms with E-state index in [1.807, 2.05) is 12.1 Å². The van der Waals surface area contributed by atoms with E-state index in [1.54, 1.807) is 0 Å². The second-order valence-electron chi connectivity index (χ2n) is 4.99. The molecule has 1 nitrogen and oxygen atoms in total. The average molecular weight is 312 g/mol. The molecule has 0 atom stereocenters. The topological polar surface area (TPSA) is 12.0 Å². The zero-order valence-corrected chi connectivity index (χ0v) is 12.3. The molecule has 1 aliphatic rings. The van der Waals surface area contributed by atoms with Crippen molar-refractivity contribution < 1.29 is 4.39 Å². The summed E-state index contributed by atoms with van der Waals surface area (Å²) in [5, 5.41) is 3.49. The van der Waals surface area contributed by atoms with E-state index in [1.165, 1.54) is 24.5 Å². The Labute approximate surface area is 117 Å². The summed E-state index contributed by atoms with van der Waals surface area (Å²) in [6, 6.07) is 6.00. The molecule has 0 saturated heterocycles. The number of hydrogen-bond acceptors (Lipinski definition) is 1. The van der Waals surface area contributed by atoms with Crippen LogP contribution in [0.25, 0.3) is 0 Å². The van der Waals surface area contributed by atoms with Gasteiger partial charge in [-0.25, -0.2) is 4.39 Å². The fraction of sp³-hybridized carbons (Fsp3) is 0.467. The van der Waals surface area contributed by atoms with Crippen LogP contribution in [0, 0.1) is 5.82 Å². The molecule has 18 heavy (non-hydrogen) atoms. The summed E-state index contributed by atoms with van der Waals surface area (Å²) < 4.78 is 13.6. The highest BCUT2D eigenvalue weighted by molar-refractivity contribution is 9.10. The van der Waals surface area contributed by atoms with Crippen molar-refractivity contribution in [3.8, 4) is 0 Å². The van der Waals surface area contributed by atoms with Crippen LogP contribution in [0.5, 0.6) is 0 Å². The van der Waals surface area contributed by atoms with E-state index in [2.05, 4.69) is 34.2 Å². The molecular weight excluding hydrogens is 293 g/mol. The summed E-state index contributed by atoms with van der Waals surface area (Å²) in [6.07, 6.45) is 6.91. The van der Waals surface area contributed by atoms with Gasteiger partial charge in [0.25, 0.3) is 0 Å². The van der Waals surface area contributed by atoms with Gasteiger partial charge < -0.3 is 5.32 Å². The van der Waals surface area contributed by atoms with Crippen LogP contribution in [0.2, 0.25) is 0 Å². The van der Waals surface area contributed by atoms with Gasteiger partial charge in [-0.1, -0.05) is 17.7 Å². The fourth-order valence-corrected chi connectivity index (χ4v) is 2.36. The molecule has 1 aromatic rings. The lowest BCUT2D eigenvalue weighted by Gasteiger charge is -2.04. The molecule has 1 fully saturated rings. The standard InChI is InChI=1S/C15H19BrFN/c1-11(3-2-8-18-13-5-6-13)9-12-4-7-15(17)14(16)10-12/h3-4,7,10,13,18H,2,5-6,8-9H2,1H3. The molecule has 0 unspecified atom stereocenters. The molecule has 0 heterocycles. The molecule has 0 aliphatic heterocycles. The fourth-order valence-electron chi connectivity index (χ4n) is 1.94. The number of benzene rings is 1. The highest BCUT2D eigenvalue weighted by atomic mass is 79.9. The monoisotopic (exact) mass is 311 g/mol. The minimum absolute atomic E-state index is 0.200. The zero-order valence-electron chi connectivity index (χ0n) is 10.7. The normalized spacial score (nSPS) is 16.1. The van der Waals surface area contributed by atoms with Gasteiger partial charge in [-0.2, -0.15) is 0 Å². The van der Waals surface area contributed by atoms with Gasteiger partial charge in [0, 0.05) is 6.04 Å². The Morgan fingerprint density at radius 2 is 2.28 bits per heavy atom. The van der Waals surface area contributed by atoms with Crippen molar-refractivity contribution in [1.29, 1.82) is 0 Å². The molecule has 1 aliphatic carbocycles. The van der Waals surface area contributed by atoms with Gasteiger partial charge in [0.05, 0.1) is 4.47 Å². The van der Waals surface area contributed by atoms with Crippen molar-refractivity contribution in [2.24, 2.45) is 0 Å². The third-order valence-electron chi connectivity index (χ3n) is 3.11. The Balaban J connectivity index is 1.79. The van der Waals surface area contributed by atoms with E-state index in [9.17, 15) is 4.39 Å². The van der Waals surface area contributed by atoms with E-state index in [4.69, 9.17) is 0 Å². The lowest BCUT2D eigenvalue weighted by Crippen LogP contribution is -2.16. The quantitative estimate of drug-likeness (QED) is 0.612. The highest BCUT2D eigenvalue weighted by Gasteiger charge is 2.19. The van der Waals surface area contributed by atoms with Crippen molar-refractivity contribution in [3.63, 3.8) is 0 Å². The van der Waals surface area contributed by atoms with Crippen LogP contribution in [-0.2, 0) is 6.42 Å². The molecule has 98 valence electrons. The van der Waals surface area contributed by atoms with Crippen LogP contribution in [0.3, 0.4) is 0 Å². The molecule has 0 aromatic heterocycles. The van der Waals surface area contributed by atoms with Gasteiger partial charge >= 0.3 is 0 Å². The Hall–Kier alpha value is -0.670. The molecule has 0 radical (unpaired) electrons. The third kappa shape index (κ3) is 4.54. The van der Waals surface area contributed by atoms with Crippen molar-refractivity contribution in [1.82, 2.24) is 5.32 Å². The Bertz CT molecular complexity index is 438. The number of rotatable bonds is 6. The Morgan fingerprint density at radius 1 is 1.50 bits per heavy atom. The zero-order chi connectivity index (χ0) is 13.0. The van der Waals surface area contributed by atoms with E-state index in [0.717, 1.165) is 31.0 Å². The van der Waals surface area contributed by atoms with Crippen LogP contribution < -0.4 is 5.32 Å². The first-order valence-electron chi connectivity index (χ1n) is 6.48. The average Bonchev–Trinajstić information content (AvgIpc) is 3.14. The van der Waals surface area contributed by atoms with Crippen LogP contribution in [0.1, 0.15) is 31.7 Å². The van der Waals surface area contributed by atoms with Gasteiger partial charge in [-0.15, -0.1) is 0 Å². The first kappa shape index (κ1) is 13.8.